The first-order chi connectivity index (χ1) is 5.42. The van der Waals surface area contributed by atoms with E-state index < -0.39 is 0 Å². The molecule has 1 amide bonds. The molecule has 0 spiro atoms. The quantitative estimate of drug-likeness (QED) is 0.593. The number of piperidine rings is 1. The van der Waals surface area contributed by atoms with Crippen LogP contribution in [0.1, 0.15) is 32.1 Å². The van der Waals surface area contributed by atoms with Gasteiger partial charge >= 0.3 is 0 Å². The van der Waals surface area contributed by atoms with Gasteiger partial charge in [0, 0.05) is 12.1 Å². The van der Waals surface area contributed by atoms with E-state index in [1.807, 2.05) is 0 Å². The highest BCUT2D eigenvalue weighted by Gasteiger charge is 2.36. The highest BCUT2D eigenvalue weighted by Crippen LogP contribution is 2.33. The molecule has 1 N–H and O–H groups in total. The van der Waals surface area contributed by atoms with Crippen LogP contribution in [0, 0.1) is 0 Å². The Morgan fingerprint density at radius 2 is 1.82 bits per heavy atom. The monoisotopic (exact) mass is 154 g/mol. The van der Waals surface area contributed by atoms with Crippen molar-refractivity contribution in [3.05, 3.63) is 0 Å². The molecule has 11 heavy (non-hydrogen) atoms. The van der Waals surface area contributed by atoms with E-state index in [1.165, 1.54) is 32.1 Å². The van der Waals surface area contributed by atoms with Gasteiger partial charge in [-0.3, -0.25) is 10.2 Å². The Morgan fingerprint density at radius 1 is 1.18 bits per heavy atom. The second-order valence-corrected chi connectivity index (χ2v) is 3.47. The summed E-state index contributed by atoms with van der Waals surface area (Å²) in [5.41, 5.74) is 2.80. The lowest BCUT2D eigenvalue weighted by Gasteiger charge is -2.33. The Labute approximate surface area is 66.7 Å². The molecule has 2 fully saturated rings. The zero-order valence-electron chi connectivity index (χ0n) is 6.62. The molecule has 2 bridgehead atoms. The third kappa shape index (κ3) is 1.13. The lowest BCUT2D eigenvalue weighted by molar-refractivity contribution is -0.115. The summed E-state index contributed by atoms with van der Waals surface area (Å²) >= 11 is 0. The third-order valence-corrected chi connectivity index (χ3v) is 2.90. The largest absolute Gasteiger partial charge is 0.291 e. The number of hydrogen-bond donors (Lipinski definition) is 1. The zero-order valence-corrected chi connectivity index (χ0v) is 6.62. The number of nitrogens with one attached hydrogen (secondary N) is 1. The lowest BCUT2D eigenvalue weighted by atomic mass is 10.1. The average molecular weight is 154 g/mol. The van der Waals surface area contributed by atoms with E-state index in [0.29, 0.717) is 12.1 Å². The van der Waals surface area contributed by atoms with Crippen LogP contribution in [0.4, 0.5) is 0 Å². The standard InChI is InChI=1S/C8H14N2O/c11-6-9-10-7-2-1-3-8(10)5-4-7/h6-8H,1-5H2,(H,9,11). The van der Waals surface area contributed by atoms with Crippen molar-refractivity contribution >= 4 is 6.41 Å². The molecular weight excluding hydrogens is 140 g/mol. The molecule has 0 saturated carbocycles. The highest BCUT2D eigenvalue weighted by molar-refractivity contribution is 5.45. The fraction of sp³-hybridized carbons (Fsp3) is 0.875. The van der Waals surface area contributed by atoms with E-state index in [9.17, 15) is 4.79 Å². The number of fused-ring (bicyclic) bond motifs is 2. The number of hydrazine groups is 1. The van der Waals surface area contributed by atoms with Crippen LogP contribution in [0.2, 0.25) is 0 Å². The maximum atomic E-state index is 10.2. The van der Waals surface area contributed by atoms with Crippen LogP contribution in [0.25, 0.3) is 0 Å². The number of rotatable bonds is 2. The molecule has 2 atom stereocenters. The van der Waals surface area contributed by atoms with E-state index in [2.05, 4.69) is 10.4 Å². The second-order valence-electron chi connectivity index (χ2n) is 3.47. The maximum Gasteiger partial charge on any atom is 0.221 e. The van der Waals surface area contributed by atoms with Crippen molar-refractivity contribution in [3.8, 4) is 0 Å². The van der Waals surface area contributed by atoms with Gasteiger partial charge in [0.05, 0.1) is 0 Å². The summed E-state index contributed by atoms with van der Waals surface area (Å²) in [6.07, 6.45) is 7.20. The van der Waals surface area contributed by atoms with Gasteiger partial charge in [-0.25, -0.2) is 5.01 Å². The van der Waals surface area contributed by atoms with E-state index >= 15 is 0 Å². The van der Waals surface area contributed by atoms with Gasteiger partial charge in [0.1, 0.15) is 0 Å². The van der Waals surface area contributed by atoms with Gasteiger partial charge in [-0.15, -0.1) is 0 Å². The Balaban J connectivity index is 2.02. The molecule has 0 aromatic heterocycles. The molecule has 2 saturated heterocycles. The summed E-state index contributed by atoms with van der Waals surface area (Å²) in [6, 6.07) is 1.28. The second kappa shape index (κ2) is 2.81. The van der Waals surface area contributed by atoms with Crippen molar-refractivity contribution < 1.29 is 4.79 Å². The van der Waals surface area contributed by atoms with Crippen LogP contribution in [0.5, 0.6) is 0 Å². The first kappa shape index (κ1) is 7.10. The Kier molecular flexibility index (Phi) is 1.82. The number of carbonyl (C=O) groups is 1. The highest BCUT2D eigenvalue weighted by atomic mass is 16.1. The van der Waals surface area contributed by atoms with Gasteiger partial charge in [0.2, 0.25) is 6.41 Å². The van der Waals surface area contributed by atoms with Crippen LogP contribution in [0.15, 0.2) is 0 Å². The van der Waals surface area contributed by atoms with Gasteiger partial charge in [0.15, 0.2) is 0 Å². The van der Waals surface area contributed by atoms with Crippen LogP contribution in [-0.2, 0) is 4.79 Å². The zero-order chi connectivity index (χ0) is 7.68. The number of carbonyl (C=O) groups excluding carboxylic acids is 1. The van der Waals surface area contributed by atoms with E-state index in [1.54, 1.807) is 0 Å². The molecular formula is C8H14N2O. The lowest BCUT2D eigenvalue weighted by Crippen LogP contribution is -2.48. The Morgan fingerprint density at radius 3 is 2.36 bits per heavy atom. The summed E-state index contributed by atoms with van der Waals surface area (Å²) in [4.78, 5) is 10.2. The van der Waals surface area contributed by atoms with Crippen LogP contribution >= 0.6 is 0 Å². The normalized spacial score (nSPS) is 37.1. The van der Waals surface area contributed by atoms with Gasteiger partial charge in [-0.05, 0) is 25.7 Å². The van der Waals surface area contributed by atoms with E-state index in [4.69, 9.17) is 0 Å². The Bertz CT molecular complexity index is 144. The number of amides is 1. The topological polar surface area (TPSA) is 32.3 Å². The van der Waals surface area contributed by atoms with Crippen molar-refractivity contribution in [2.24, 2.45) is 0 Å². The molecule has 0 aromatic rings. The fourth-order valence-corrected chi connectivity index (χ4v) is 2.39. The fourth-order valence-electron chi connectivity index (χ4n) is 2.39. The third-order valence-electron chi connectivity index (χ3n) is 2.90. The first-order valence-electron chi connectivity index (χ1n) is 4.40. The minimum absolute atomic E-state index is 0.638. The molecule has 2 aliphatic rings. The van der Waals surface area contributed by atoms with E-state index in [0.717, 1.165) is 6.41 Å². The number of hydrogen-bond acceptors (Lipinski definition) is 2. The smallest absolute Gasteiger partial charge is 0.221 e. The van der Waals surface area contributed by atoms with Gasteiger partial charge in [0.25, 0.3) is 0 Å². The molecule has 3 heteroatoms. The summed E-state index contributed by atoms with van der Waals surface area (Å²) in [7, 11) is 0. The molecule has 2 heterocycles. The van der Waals surface area contributed by atoms with Crippen molar-refractivity contribution in [2.45, 2.75) is 44.2 Å². The minimum Gasteiger partial charge on any atom is -0.291 e. The molecule has 0 aliphatic carbocycles. The first-order valence-corrected chi connectivity index (χ1v) is 4.40. The summed E-state index contributed by atoms with van der Waals surface area (Å²) in [5, 5.41) is 2.15. The minimum atomic E-state index is 0.638. The van der Waals surface area contributed by atoms with Crippen molar-refractivity contribution in [1.29, 1.82) is 0 Å². The molecule has 2 rings (SSSR count). The molecule has 3 nitrogen and oxygen atoms in total. The predicted octanol–water partition coefficient (Wildman–Crippen LogP) is 0.664. The van der Waals surface area contributed by atoms with Gasteiger partial charge in [-0.1, -0.05) is 6.42 Å². The van der Waals surface area contributed by atoms with Crippen molar-refractivity contribution in [3.63, 3.8) is 0 Å². The maximum absolute atomic E-state index is 10.2. The average Bonchev–Trinajstić information content (AvgIpc) is 2.30. The predicted molar refractivity (Wildman–Crippen MR) is 41.7 cm³/mol. The SMILES string of the molecule is O=CNN1C2CCCC1CC2. The number of nitrogens with zero attached hydrogens (tertiary/aromatic N) is 1. The van der Waals surface area contributed by atoms with Crippen LogP contribution < -0.4 is 5.43 Å². The molecule has 2 aliphatic heterocycles. The Hall–Kier alpha value is -0.570. The van der Waals surface area contributed by atoms with Gasteiger partial charge < -0.3 is 0 Å². The summed E-state index contributed by atoms with van der Waals surface area (Å²) in [6.45, 7) is 0. The van der Waals surface area contributed by atoms with Crippen LogP contribution in [0.3, 0.4) is 0 Å². The molecule has 2 unspecified atom stereocenters. The van der Waals surface area contributed by atoms with Crippen molar-refractivity contribution in [2.75, 3.05) is 0 Å². The van der Waals surface area contributed by atoms with Crippen molar-refractivity contribution in [1.82, 2.24) is 10.4 Å². The molecule has 0 aromatic carbocycles. The van der Waals surface area contributed by atoms with E-state index in [-0.39, 0.29) is 0 Å². The van der Waals surface area contributed by atoms with Crippen LogP contribution in [-0.4, -0.2) is 23.5 Å². The van der Waals surface area contributed by atoms with Gasteiger partial charge in [-0.2, -0.15) is 0 Å². The molecule has 62 valence electrons. The summed E-state index contributed by atoms with van der Waals surface area (Å²) in [5.74, 6) is 0. The summed E-state index contributed by atoms with van der Waals surface area (Å²) < 4.78 is 0. The molecule has 0 radical (unpaired) electrons.